The second-order valence-corrected chi connectivity index (χ2v) is 7.64. The molecule has 0 atom stereocenters. The van der Waals surface area contributed by atoms with Crippen LogP contribution in [0.3, 0.4) is 0 Å². The zero-order valence-electron chi connectivity index (χ0n) is 19.5. The fraction of sp³-hybridized carbons (Fsp3) is 0.458. The van der Waals surface area contributed by atoms with Gasteiger partial charge in [-0.1, -0.05) is 24.3 Å². The molecule has 2 aromatic carbocycles. The first-order chi connectivity index (χ1) is 15.1. The maximum absolute atomic E-state index is 5.52. The van der Waals surface area contributed by atoms with E-state index in [4.69, 9.17) is 14.2 Å². The van der Waals surface area contributed by atoms with Crippen LogP contribution in [0.4, 0.5) is 0 Å². The van der Waals surface area contributed by atoms with Gasteiger partial charge in [-0.3, -0.25) is 9.89 Å². The van der Waals surface area contributed by atoms with Crippen LogP contribution in [-0.2, 0) is 24.4 Å². The van der Waals surface area contributed by atoms with Crippen LogP contribution in [0.2, 0.25) is 0 Å². The number of nitrogens with zero attached hydrogens (tertiary/aromatic N) is 3. The molecule has 1 heterocycles. The lowest BCUT2D eigenvalue weighted by Crippen LogP contribution is -2.38. The maximum Gasteiger partial charge on any atom is 0.193 e. The standard InChI is InChI=1S/C24H34N4O3.HI/c1-25-24(27(2)18-21-9-10-22(29-3)15-23(21)30-4)26-16-19-5-7-20(8-6-19)17-28-11-13-31-14-12-28;/h5-10,15H,11-14,16-18H2,1-4H3,(H,25,26);1H. The maximum atomic E-state index is 5.52. The molecule has 3 rings (SSSR count). The molecule has 1 saturated heterocycles. The first-order valence-electron chi connectivity index (χ1n) is 10.6. The highest BCUT2D eigenvalue weighted by atomic mass is 127. The molecule has 0 amide bonds. The summed E-state index contributed by atoms with van der Waals surface area (Å²) in [7, 11) is 7.15. The quantitative estimate of drug-likeness (QED) is 0.307. The van der Waals surface area contributed by atoms with Crippen LogP contribution in [0, 0.1) is 0 Å². The fourth-order valence-corrected chi connectivity index (χ4v) is 3.66. The molecule has 8 heteroatoms. The molecule has 1 N–H and O–H groups in total. The number of methoxy groups -OCH3 is 2. The van der Waals surface area contributed by atoms with Crippen molar-refractivity contribution in [3.63, 3.8) is 0 Å². The van der Waals surface area contributed by atoms with E-state index in [0.717, 1.165) is 55.9 Å². The minimum absolute atomic E-state index is 0. The second kappa shape index (κ2) is 13.5. The number of halogens is 1. The number of aliphatic imine (C=N–C) groups is 1. The molecular weight excluding hydrogens is 519 g/mol. The van der Waals surface area contributed by atoms with Gasteiger partial charge in [-0.2, -0.15) is 0 Å². The van der Waals surface area contributed by atoms with Crippen LogP contribution in [0.5, 0.6) is 11.5 Å². The zero-order valence-corrected chi connectivity index (χ0v) is 21.8. The number of benzene rings is 2. The average Bonchev–Trinajstić information content (AvgIpc) is 2.81. The predicted molar refractivity (Wildman–Crippen MR) is 139 cm³/mol. The monoisotopic (exact) mass is 554 g/mol. The van der Waals surface area contributed by atoms with Crippen molar-refractivity contribution in [2.24, 2.45) is 4.99 Å². The molecule has 1 aliphatic rings. The Bertz CT molecular complexity index is 855. The van der Waals surface area contributed by atoms with Crippen LogP contribution in [0.25, 0.3) is 0 Å². The van der Waals surface area contributed by atoms with Crippen molar-refractivity contribution in [2.45, 2.75) is 19.6 Å². The van der Waals surface area contributed by atoms with E-state index in [1.807, 2.05) is 25.2 Å². The van der Waals surface area contributed by atoms with Gasteiger partial charge in [-0.05, 0) is 23.3 Å². The Morgan fingerprint density at radius 1 is 1.06 bits per heavy atom. The van der Waals surface area contributed by atoms with E-state index < -0.39 is 0 Å². The topological polar surface area (TPSA) is 58.6 Å². The number of nitrogens with one attached hydrogen (secondary N) is 1. The van der Waals surface area contributed by atoms with Gasteiger partial charge in [0.25, 0.3) is 0 Å². The summed E-state index contributed by atoms with van der Waals surface area (Å²) in [5, 5.41) is 3.45. The molecule has 1 aliphatic heterocycles. The molecule has 2 aromatic rings. The highest BCUT2D eigenvalue weighted by molar-refractivity contribution is 14.0. The van der Waals surface area contributed by atoms with Crippen molar-refractivity contribution >= 4 is 29.9 Å². The lowest BCUT2D eigenvalue weighted by Gasteiger charge is -2.26. The van der Waals surface area contributed by atoms with Crippen LogP contribution in [0.15, 0.2) is 47.5 Å². The summed E-state index contributed by atoms with van der Waals surface area (Å²) in [6, 6.07) is 14.7. The Kier molecular flexibility index (Phi) is 11.1. The summed E-state index contributed by atoms with van der Waals surface area (Å²) in [5.41, 5.74) is 3.63. The number of ether oxygens (including phenoxy) is 3. The summed E-state index contributed by atoms with van der Waals surface area (Å²) in [6.45, 7) is 6.04. The van der Waals surface area contributed by atoms with Gasteiger partial charge in [0, 0.05) is 58.4 Å². The van der Waals surface area contributed by atoms with E-state index in [2.05, 4.69) is 44.4 Å². The minimum Gasteiger partial charge on any atom is -0.497 e. The summed E-state index contributed by atoms with van der Waals surface area (Å²) in [6.07, 6.45) is 0. The first kappa shape index (κ1) is 26.2. The van der Waals surface area contributed by atoms with E-state index in [-0.39, 0.29) is 24.0 Å². The Hall–Kier alpha value is -2.04. The van der Waals surface area contributed by atoms with Crippen molar-refractivity contribution < 1.29 is 14.2 Å². The van der Waals surface area contributed by atoms with Gasteiger partial charge in [0.05, 0.1) is 27.4 Å². The van der Waals surface area contributed by atoms with Crippen molar-refractivity contribution in [3.8, 4) is 11.5 Å². The van der Waals surface area contributed by atoms with Gasteiger partial charge < -0.3 is 24.4 Å². The highest BCUT2D eigenvalue weighted by Gasteiger charge is 2.12. The van der Waals surface area contributed by atoms with Crippen molar-refractivity contribution in [1.82, 2.24) is 15.1 Å². The van der Waals surface area contributed by atoms with Gasteiger partial charge >= 0.3 is 0 Å². The summed E-state index contributed by atoms with van der Waals surface area (Å²) in [4.78, 5) is 8.94. The van der Waals surface area contributed by atoms with Crippen LogP contribution < -0.4 is 14.8 Å². The third-order valence-electron chi connectivity index (χ3n) is 5.46. The van der Waals surface area contributed by atoms with Gasteiger partial charge in [-0.25, -0.2) is 0 Å². The Labute approximate surface area is 208 Å². The van der Waals surface area contributed by atoms with Crippen molar-refractivity contribution in [2.75, 3.05) is 54.6 Å². The molecule has 0 radical (unpaired) electrons. The van der Waals surface area contributed by atoms with Crippen molar-refractivity contribution in [3.05, 3.63) is 59.2 Å². The number of hydrogen-bond acceptors (Lipinski definition) is 5. The minimum atomic E-state index is 0. The third kappa shape index (κ3) is 7.53. The Balaban J connectivity index is 0.00000363. The van der Waals surface area contributed by atoms with Gasteiger partial charge in [0.15, 0.2) is 5.96 Å². The smallest absolute Gasteiger partial charge is 0.193 e. The van der Waals surface area contributed by atoms with Crippen LogP contribution in [-0.4, -0.2) is 70.4 Å². The molecule has 1 fully saturated rings. The van der Waals surface area contributed by atoms with Gasteiger partial charge in [-0.15, -0.1) is 24.0 Å². The van der Waals surface area contributed by atoms with E-state index in [0.29, 0.717) is 13.1 Å². The third-order valence-corrected chi connectivity index (χ3v) is 5.46. The highest BCUT2D eigenvalue weighted by Crippen LogP contribution is 2.25. The van der Waals surface area contributed by atoms with Crippen LogP contribution >= 0.6 is 24.0 Å². The summed E-state index contributed by atoms with van der Waals surface area (Å²) >= 11 is 0. The number of rotatable bonds is 8. The molecule has 0 unspecified atom stereocenters. The Morgan fingerprint density at radius 3 is 2.38 bits per heavy atom. The summed E-state index contributed by atoms with van der Waals surface area (Å²) < 4.78 is 16.2. The fourth-order valence-electron chi connectivity index (χ4n) is 3.66. The largest absolute Gasteiger partial charge is 0.497 e. The van der Waals surface area contributed by atoms with Gasteiger partial charge in [0.2, 0.25) is 0 Å². The Morgan fingerprint density at radius 2 is 1.75 bits per heavy atom. The SMILES string of the molecule is CN=C(NCc1ccc(CN2CCOCC2)cc1)N(C)Cc1ccc(OC)cc1OC.I. The molecule has 0 aromatic heterocycles. The van der Waals surface area contributed by atoms with E-state index in [9.17, 15) is 0 Å². The first-order valence-corrected chi connectivity index (χ1v) is 10.6. The van der Waals surface area contributed by atoms with Gasteiger partial charge in [0.1, 0.15) is 11.5 Å². The lowest BCUT2D eigenvalue weighted by atomic mass is 10.1. The predicted octanol–water partition coefficient (Wildman–Crippen LogP) is 3.36. The molecule has 0 saturated carbocycles. The zero-order chi connectivity index (χ0) is 22.1. The van der Waals surface area contributed by atoms with Crippen LogP contribution in [0.1, 0.15) is 16.7 Å². The molecule has 32 heavy (non-hydrogen) atoms. The molecule has 0 spiro atoms. The summed E-state index contributed by atoms with van der Waals surface area (Å²) in [5.74, 6) is 2.41. The lowest BCUT2D eigenvalue weighted by molar-refractivity contribution is 0.0342. The van der Waals surface area contributed by atoms with E-state index in [1.165, 1.54) is 11.1 Å². The van der Waals surface area contributed by atoms with Crippen molar-refractivity contribution in [1.29, 1.82) is 0 Å². The molecule has 0 bridgehead atoms. The number of morpholine rings is 1. The normalized spacial score (nSPS) is 14.4. The number of hydrogen-bond donors (Lipinski definition) is 1. The molecule has 7 nitrogen and oxygen atoms in total. The average molecular weight is 554 g/mol. The van der Waals surface area contributed by atoms with E-state index >= 15 is 0 Å². The molecule has 176 valence electrons. The number of guanidine groups is 1. The van der Waals surface area contributed by atoms with E-state index in [1.54, 1.807) is 21.3 Å². The molecular formula is C24H35IN4O3. The second-order valence-electron chi connectivity index (χ2n) is 7.64. The molecule has 0 aliphatic carbocycles.